The van der Waals surface area contributed by atoms with Crippen LogP contribution in [-0.4, -0.2) is 23.9 Å². The first kappa shape index (κ1) is 9.75. The first-order chi connectivity index (χ1) is 5.77. The number of allylic oxidation sites excluding steroid dienone is 1. The molecule has 1 rings (SSSR count). The van der Waals surface area contributed by atoms with Gasteiger partial charge in [0.2, 0.25) is 0 Å². The minimum Gasteiger partial charge on any atom is -0.390 e. The molecular formula is C10H18O2. The molecule has 70 valence electrons. The number of aliphatic hydroxyl groups excluding tert-OH is 1. The molecule has 1 fully saturated rings. The van der Waals surface area contributed by atoms with E-state index in [0.717, 1.165) is 19.3 Å². The summed E-state index contributed by atoms with van der Waals surface area (Å²) in [7, 11) is 0. The Balaban J connectivity index is 2.42. The van der Waals surface area contributed by atoms with Gasteiger partial charge in [0.15, 0.2) is 0 Å². The zero-order valence-electron chi connectivity index (χ0n) is 7.92. The zero-order valence-corrected chi connectivity index (χ0v) is 7.92. The van der Waals surface area contributed by atoms with Crippen LogP contribution < -0.4 is 0 Å². The number of rotatable bonds is 2. The number of hydrogen-bond donors (Lipinski definition) is 1. The van der Waals surface area contributed by atoms with Crippen molar-refractivity contribution < 1.29 is 9.84 Å². The molecule has 1 aliphatic rings. The van der Waals surface area contributed by atoms with Crippen LogP contribution in [0.15, 0.2) is 11.6 Å². The lowest BCUT2D eigenvalue weighted by Crippen LogP contribution is -2.33. The molecule has 0 bridgehead atoms. The van der Waals surface area contributed by atoms with Gasteiger partial charge >= 0.3 is 0 Å². The van der Waals surface area contributed by atoms with Gasteiger partial charge in [0.1, 0.15) is 0 Å². The summed E-state index contributed by atoms with van der Waals surface area (Å²) in [5, 5.41) is 9.64. The van der Waals surface area contributed by atoms with Crippen LogP contribution in [0, 0.1) is 0 Å². The zero-order chi connectivity index (χ0) is 8.97. The second-order valence-electron chi connectivity index (χ2n) is 3.25. The van der Waals surface area contributed by atoms with Crippen LogP contribution in [-0.2, 0) is 4.74 Å². The van der Waals surface area contributed by atoms with Crippen LogP contribution in [0.5, 0.6) is 0 Å². The SMILES string of the molecule is C/C=C1\CCC(OCC)C(O)C1. The smallest absolute Gasteiger partial charge is 0.0840 e. The van der Waals surface area contributed by atoms with Gasteiger partial charge in [-0.15, -0.1) is 0 Å². The predicted molar refractivity (Wildman–Crippen MR) is 49.0 cm³/mol. The van der Waals surface area contributed by atoms with Gasteiger partial charge in [-0.25, -0.2) is 0 Å². The molecule has 0 aromatic carbocycles. The van der Waals surface area contributed by atoms with Crippen molar-refractivity contribution in [3.63, 3.8) is 0 Å². The summed E-state index contributed by atoms with van der Waals surface area (Å²) in [6, 6.07) is 0. The van der Waals surface area contributed by atoms with E-state index in [1.807, 2.05) is 13.8 Å². The summed E-state index contributed by atoms with van der Waals surface area (Å²) in [6.07, 6.45) is 4.73. The molecule has 2 nitrogen and oxygen atoms in total. The second-order valence-corrected chi connectivity index (χ2v) is 3.25. The summed E-state index contributed by atoms with van der Waals surface area (Å²) >= 11 is 0. The van der Waals surface area contributed by atoms with Gasteiger partial charge in [-0.05, 0) is 33.1 Å². The van der Waals surface area contributed by atoms with Crippen LogP contribution in [0.3, 0.4) is 0 Å². The average molecular weight is 170 g/mol. The third-order valence-corrected chi connectivity index (χ3v) is 2.44. The van der Waals surface area contributed by atoms with E-state index in [1.54, 1.807) is 0 Å². The van der Waals surface area contributed by atoms with Gasteiger partial charge in [0.05, 0.1) is 12.2 Å². The maximum absolute atomic E-state index is 9.64. The Morgan fingerprint density at radius 2 is 2.42 bits per heavy atom. The van der Waals surface area contributed by atoms with Crippen molar-refractivity contribution in [3.8, 4) is 0 Å². The topological polar surface area (TPSA) is 29.5 Å². The first-order valence-corrected chi connectivity index (χ1v) is 4.71. The normalized spacial score (nSPS) is 34.1. The van der Waals surface area contributed by atoms with Gasteiger partial charge < -0.3 is 9.84 Å². The first-order valence-electron chi connectivity index (χ1n) is 4.71. The second kappa shape index (κ2) is 4.63. The number of hydrogen-bond acceptors (Lipinski definition) is 2. The van der Waals surface area contributed by atoms with E-state index < -0.39 is 0 Å². The molecular weight excluding hydrogens is 152 g/mol. The molecule has 2 heteroatoms. The maximum Gasteiger partial charge on any atom is 0.0840 e. The maximum atomic E-state index is 9.64. The molecule has 0 amide bonds. The highest BCUT2D eigenvalue weighted by Gasteiger charge is 2.25. The van der Waals surface area contributed by atoms with Crippen molar-refractivity contribution in [2.24, 2.45) is 0 Å². The Morgan fingerprint density at radius 1 is 1.67 bits per heavy atom. The molecule has 0 aliphatic heterocycles. The van der Waals surface area contributed by atoms with Crippen molar-refractivity contribution >= 4 is 0 Å². The van der Waals surface area contributed by atoms with Gasteiger partial charge in [0, 0.05) is 6.61 Å². The Labute approximate surface area is 74.2 Å². The molecule has 0 spiro atoms. The highest BCUT2D eigenvalue weighted by atomic mass is 16.5. The molecule has 2 atom stereocenters. The Bertz CT molecular complexity index is 163. The molecule has 0 aromatic rings. The molecule has 1 saturated carbocycles. The monoisotopic (exact) mass is 170 g/mol. The lowest BCUT2D eigenvalue weighted by Gasteiger charge is -2.28. The van der Waals surface area contributed by atoms with Gasteiger partial charge in [-0.2, -0.15) is 0 Å². The van der Waals surface area contributed by atoms with Crippen molar-refractivity contribution in [1.29, 1.82) is 0 Å². The fourth-order valence-electron chi connectivity index (χ4n) is 1.69. The molecule has 12 heavy (non-hydrogen) atoms. The largest absolute Gasteiger partial charge is 0.390 e. The summed E-state index contributed by atoms with van der Waals surface area (Å²) < 4.78 is 5.41. The number of aliphatic hydroxyl groups is 1. The molecule has 1 N–H and O–H groups in total. The Morgan fingerprint density at radius 3 is 2.92 bits per heavy atom. The fourth-order valence-corrected chi connectivity index (χ4v) is 1.69. The third-order valence-electron chi connectivity index (χ3n) is 2.44. The van der Waals surface area contributed by atoms with E-state index in [9.17, 15) is 5.11 Å². The van der Waals surface area contributed by atoms with Gasteiger partial charge in [-0.3, -0.25) is 0 Å². The minimum atomic E-state index is -0.287. The molecule has 1 aliphatic carbocycles. The van der Waals surface area contributed by atoms with Crippen molar-refractivity contribution in [2.45, 2.75) is 45.3 Å². The van der Waals surface area contributed by atoms with Crippen LogP contribution in [0.1, 0.15) is 33.1 Å². The van der Waals surface area contributed by atoms with Crippen molar-refractivity contribution in [1.82, 2.24) is 0 Å². The van der Waals surface area contributed by atoms with Crippen molar-refractivity contribution in [2.75, 3.05) is 6.61 Å². The lowest BCUT2D eigenvalue weighted by molar-refractivity contribution is -0.0446. The van der Waals surface area contributed by atoms with Crippen LogP contribution in [0.4, 0.5) is 0 Å². The molecule has 0 aromatic heterocycles. The quantitative estimate of drug-likeness (QED) is 0.641. The van der Waals surface area contributed by atoms with E-state index in [-0.39, 0.29) is 12.2 Å². The third kappa shape index (κ3) is 2.32. The van der Waals surface area contributed by atoms with E-state index in [0.29, 0.717) is 6.61 Å². The van der Waals surface area contributed by atoms with Gasteiger partial charge in [0.25, 0.3) is 0 Å². The van der Waals surface area contributed by atoms with E-state index in [1.165, 1.54) is 5.57 Å². The van der Waals surface area contributed by atoms with E-state index in [2.05, 4.69) is 6.08 Å². The van der Waals surface area contributed by atoms with Crippen LogP contribution >= 0.6 is 0 Å². The molecule has 0 radical (unpaired) electrons. The van der Waals surface area contributed by atoms with Crippen LogP contribution in [0.2, 0.25) is 0 Å². The molecule has 2 unspecified atom stereocenters. The minimum absolute atomic E-state index is 0.0682. The van der Waals surface area contributed by atoms with Gasteiger partial charge in [-0.1, -0.05) is 11.6 Å². The predicted octanol–water partition coefficient (Wildman–Crippen LogP) is 1.88. The Kier molecular flexibility index (Phi) is 3.76. The fraction of sp³-hybridized carbons (Fsp3) is 0.800. The summed E-state index contributed by atoms with van der Waals surface area (Å²) in [6.45, 7) is 4.70. The summed E-state index contributed by atoms with van der Waals surface area (Å²) in [4.78, 5) is 0. The lowest BCUT2D eigenvalue weighted by atomic mass is 9.90. The number of ether oxygens (including phenoxy) is 1. The molecule has 0 saturated heterocycles. The summed E-state index contributed by atoms with van der Waals surface area (Å²) in [5.41, 5.74) is 1.36. The highest BCUT2D eigenvalue weighted by Crippen LogP contribution is 2.25. The van der Waals surface area contributed by atoms with E-state index >= 15 is 0 Å². The Hall–Kier alpha value is -0.340. The highest BCUT2D eigenvalue weighted by molar-refractivity contribution is 5.06. The standard InChI is InChI=1S/C10H18O2/c1-3-8-5-6-10(12-4-2)9(11)7-8/h3,9-11H,4-7H2,1-2H3/b8-3+. The van der Waals surface area contributed by atoms with E-state index in [4.69, 9.17) is 4.74 Å². The summed E-state index contributed by atoms with van der Waals surface area (Å²) in [5.74, 6) is 0. The molecule has 0 heterocycles. The van der Waals surface area contributed by atoms with Crippen molar-refractivity contribution in [3.05, 3.63) is 11.6 Å². The average Bonchev–Trinajstić information content (AvgIpc) is 2.09. The van der Waals surface area contributed by atoms with Crippen LogP contribution in [0.25, 0.3) is 0 Å².